The maximum atomic E-state index is 12.9. The number of allylic oxidation sites excluding steroid dienone is 1. The first-order valence-corrected chi connectivity index (χ1v) is 13.6. The van der Waals surface area contributed by atoms with Crippen molar-refractivity contribution in [3.05, 3.63) is 50.3 Å². The molecule has 3 aromatic heterocycles. The Kier molecular flexibility index (Phi) is 7.53. The maximum absolute atomic E-state index is 12.9. The number of carbonyl (C=O) groups excluding carboxylic acids is 3. The molecular weight excluding hydrogens is 513 g/mol. The van der Waals surface area contributed by atoms with Gasteiger partial charge in [0.1, 0.15) is 0 Å². The zero-order chi connectivity index (χ0) is 24.4. The largest absolute Gasteiger partial charge is 0.391 e. The van der Waals surface area contributed by atoms with Crippen LogP contribution in [0.25, 0.3) is 14.7 Å². The van der Waals surface area contributed by atoms with Gasteiger partial charge in [0, 0.05) is 32.2 Å². The third-order valence-electron chi connectivity index (χ3n) is 4.96. The molecule has 0 saturated carbocycles. The number of carbonyl (C=O) groups is 3. The minimum Gasteiger partial charge on any atom is -0.391 e. The van der Waals surface area contributed by atoms with E-state index in [2.05, 4.69) is 15.6 Å². The van der Waals surface area contributed by atoms with Crippen LogP contribution in [-0.4, -0.2) is 45.1 Å². The molecule has 2 amide bonds. The molecule has 3 N–H and O–H groups in total. The molecule has 0 spiro atoms. The van der Waals surface area contributed by atoms with Crippen LogP contribution in [0.15, 0.2) is 30.0 Å². The van der Waals surface area contributed by atoms with Gasteiger partial charge in [0.2, 0.25) is 11.8 Å². The summed E-state index contributed by atoms with van der Waals surface area (Å²) in [4.78, 5) is 47.3. The highest BCUT2D eigenvalue weighted by Crippen LogP contribution is 2.45. The number of thiophene rings is 2. The first kappa shape index (κ1) is 24.6. The highest BCUT2D eigenvalue weighted by atomic mass is 32.2. The van der Waals surface area contributed by atoms with E-state index in [-0.39, 0.29) is 25.0 Å². The van der Waals surface area contributed by atoms with Gasteiger partial charge in [0.25, 0.3) is 0 Å². The number of aliphatic hydroxyl groups excluding tert-OH is 1. The molecule has 178 valence electrons. The Labute approximate surface area is 212 Å². The Morgan fingerprint density at radius 3 is 2.56 bits per heavy atom. The third-order valence-corrected chi connectivity index (χ3v) is 9.79. The van der Waals surface area contributed by atoms with Crippen LogP contribution >= 0.6 is 45.8 Å². The normalized spacial score (nSPS) is 15.6. The number of amides is 2. The molecular formula is C22H22N4O4S4. The Balaban J connectivity index is 1.51. The van der Waals surface area contributed by atoms with Gasteiger partial charge in [-0.1, -0.05) is 23.1 Å². The van der Waals surface area contributed by atoms with Crippen LogP contribution in [0.3, 0.4) is 0 Å². The zero-order valence-corrected chi connectivity index (χ0v) is 21.8. The quantitative estimate of drug-likeness (QED) is 0.369. The second-order valence-corrected chi connectivity index (χ2v) is 11.8. The summed E-state index contributed by atoms with van der Waals surface area (Å²) in [6.45, 7) is 5.24. The second-order valence-electron chi connectivity index (χ2n) is 7.44. The van der Waals surface area contributed by atoms with Crippen LogP contribution in [0, 0.1) is 6.92 Å². The van der Waals surface area contributed by atoms with Crippen LogP contribution < -0.4 is 10.6 Å². The standard InChI is InChI=1S/C22H22N4O4S4/c1-11-19(16-6-4-14(9-27)31-16)33-21(23-11)25-18(30)8-26-12(2)20(34-22(26)24-13(3)29)17-7-5-15(10-28)32-17/h4-7,9,22,28H,8,10H2,1-3H3,(H,24,29)(H,23,25,30). The average Bonchev–Trinajstić information content (AvgIpc) is 3.57. The van der Waals surface area contributed by atoms with Crippen molar-refractivity contribution in [3.8, 4) is 9.75 Å². The molecule has 4 rings (SSSR count). The van der Waals surface area contributed by atoms with Crippen molar-refractivity contribution in [1.29, 1.82) is 0 Å². The fourth-order valence-corrected chi connectivity index (χ4v) is 7.78. The van der Waals surface area contributed by atoms with Gasteiger partial charge in [0.15, 0.2) is 16.9 Å². The maximum Gasteiger partial charge on any atom is 0.245 e. The lowest BCUT2D eigenvalue weighted by molar-refractivity contribution is -0.121. The van der Waals surface area contributed by atoms with Gasteiger partial charge in [-0.15, -0.1) is 22.7 Å². The number of nitrogens with zero attached hydrogens (tertiary/aromatic N) is 2. The summed E-state index contributed by atoms with van der Waals surface area (Å²) in [7, 11) is 0. The van der Waals surface area contributed by atoms with E-state index in [4.69, 9.17) is 0 Å². The van der Waals surface area contributed by atoms with Crippen LogP contribution in [0.5, 0.6) is 0 Å². The minimum absolute atomic E-state index is 0.0277. The van der Waals surface area contributed by atoms with E-state index in [1.54, 1.807) is 6.07 Å². The Morgan fingerprint density at radius 2 is 1.91 bits per heavy atom. The van der Waals surface area contributed by atoms with Crippen LogP contribution in [0.2, 0.25) is 0 Å². The van der Waals surface area contributed by atoms with Gasteiger partial charge in [-0.25, -0.2) is 4.98 Å². The lowest BCUT2D eigenvalue weighted by Crippen LogP contribution is -2.45. The predicted molar refractivity (Wildman–Crippen MR) is 139 cm³/mol. The smallest absolute Gasteiger partial charge is 0.245 e. The van der Waals surface area contributed by atoms with Crippen LogP contribution in [-0.2, 0) is 16.2 Å². The van der Waals surface area contributed by atoms with E-state index < -0.39 is 5.50 Å². The van der Waals surface area contributed by atoms with E-state index in [9.17, 15) is 19.5 Å². The molecule has 1 aliphatic rings. The number of thiazole rings is 1. The van der Waals surface area contributed by atoms with E-state index >= 15 is 0 Å². The van der Waals surface area contributed by atoms with Crippen LogP contribution in [0.4, 0.5) is 5.13 Å². The number of rotatable bonds is 8. The van der Waals surface area contributed by atoms with Crippen molar-refractivity contribution < 1.29 is 19.5 Å². The number of aryl methyl sites for hydroxylation is 1. The van der Waals surface area contributed by atoms with E-state index in [0.717, 1.165) is 42.1 Å². The summed E-state index contributed by atoms with van der Waals surface area (Å²) in [6.07, 6.45) is 0.817. The first-order chi connectivity index (χ1) is 16.3. The minimum atomic E-state index is -0.417. The monoisotopic (exact) mass is 534 g/mol. The Bertz CT molecular complexity index is 1280. The lowest BCUT2D eigenvalue weighted by atomic mass is 10.3. The number of nitrogens with one attached hydrogen (secondary N) is 2. The molecule has 1 aliphatic heterocycles. The third kappa shape index (κ3) is 5.26. The molecule has 0 radical (unpaired) electrons. The van der Waals surface area contributed by atoms with Crippen molar-refractivity contribution >= 4 is 73.9 Å². The summed E-state index contributed by atoms with van der Waals surface area (Å²) in [5.74, 6) is -0.441. The molecule has 12 heteroatoms. The number of hydrogen-bond acceptors (Lipinski definition) is 10. The van der Waals surface area contributed by atoms with Crippen molar-refractivity contribution in [3.63, 3.8) is 0 Å². The fourth-order valence-electron chi connectivity index (χ4n) is 3.40. The fraction of sp³-hybridized carbons (Fsp3) is 0.273. The van der Waals surface area contributed by atoms with Crippen molar-refractivity contribution in [1.82, 2.24) is 15.2 Å². The molecule has 1 unspecified atom stereocenters. The summed E-state index contributed by atoms with van der Waals surface area (Å²) in [5, 5.41) is 15.6. The van der Waals surface area contributed by atoms with Gasteiger partial charge >= 0.3 is 0 Å². The SMILES string of the molecule is CC(=O)NC1SC(c2ccc(CO)s2)=C(C)N1CC(=O)Nc1nc(C)c(-c2ccc(C=O)s2)s1. The van der Waals surface area contributed by atoms with Gasteiger partial charge in [0.05, 0.1) is 28.6 Å². The molecule has 8 nitrogen and oxygen atoms in total. The number of aliphatic hydroxyl groups is 1. The molecule has 0 saturated heterocycles. The molecule has 0 bridgehead atoms. The van der Waals surface area contributed by atoms with Crippen LogP contribution in [0.1, 0.15) is 39.0 Å². The lowest BCUT2D eigenvalue weighted by Gasteiger charge is -2.26. The summed E-state index contributed by atoms with van der Waals surface area (Å²) < 4.78 is 0. The van der Waals surface area contributed by atoms with Gasteiger partial charge in [-0.05, 0) is 38.1 Å². The van der Waals surface area contributed by atoms with Gasteiger partial charge in [-0.3, -0.25) is 14.4 Å². The second kappa shape index (κ2) is 10.4. The van der Waals surface area contributed by atoms with E-state index in [1.165, 1.54) is 52.7 Å². The summed E-state index contributed by atoms with van der Waals surface area (Å²) >= 11 is 5.70. The molecule has 34 heavy (non-hydrogen) atoms. The number of aldehydes is 1. The van der Waals surface area contributed by atoms with E-state index in [0.29, 0.717) is 10.0 Å². The first-order valence-electron chi connectivity index (χ1n) is 10.2. The number of thioether (sulfide) groups is 1. The topological polar surface area (TPSA) is 112 Å². The number of aromatic nitrogens is 1. The average molecular weight is 535 g/mol. The molecule has 3 aromatic rings. The van der Waals surface area contributed by atoms with Crippen molar-refractivity contribution in [2.45, 2.75) is 32.9 Å². The number of hydrogen-bond donors (Lipinski definition) is 3. The highest BCUT2D eigenvalue weighted by Gasteiger charge is 2.33. The zero-order valence-electron chi connectivity index (χ0n) is 18.6. The van der Waals surface area contributed by atoms with Crippen molar-refractivity contribution in [2.75, 3.05) is 11.9 Å². The van der Waals surface area contributed by atoms with E-state index in [1.807, 2.05) is 36.9 Å². The molecule has 4 heterocycles. The predicted octanol–water partition coefficient (Wildman–Crippen LogP) is 4.34. The summed E-state index contributed by atoms with van der Waals surface area (Å²) in [6, 6.07) is 7.46. The molecule has 1 atom stereocenters. The Hall–Kier alpha value is -2.51. The molecule has 0 aromatic carbocycles. The Morgan fingerprint density at radius 1 is 1.15 bits per heavy atom. The molecule has 0 fully saturated rings. The number of anilines is 1. The highest BCUT2D eigenvalue weighted by molar-refractivity contribution is 8.09. The summed E-state index contributed by atoms with van der Waals surface area (Å²) in [5.41, 5.74) is 1.24. The van der Waals surface area contributed by atoms with Gasteiger partial charge < -0.3 is 20.6 Å². The van der Waals surface area contributed by atoms with Crippen molar-refractivity contribution in [2.24, 2.45) is 0 Å². The molecule has 0 aliphatic carbocycles. The van der Waals surface area contributed by atoms with Gasteiger partial charge in [-0.2, -0.15) is 0 Å².